The molecule has 31 heavy (non-hydrogen) atoms. The van der Waals surface area contributed by atoms with Crippen LogP contribution in [0.25, 0.3) is 0 Å². The number of piperidine rings is 2. The first-order valence-corrected chi connectivity index (χ1v) is 11.0. The first kappa shape index (κ1) is 23.3. The number of anilines is 1. The largest absolute Gasteiger partial charge is 0.462 e. The lowest BCUT2D eigenvalue weighted by Gasteiger charge is -2.44. The molecule has 0 bridgehead atoms. The van der Waals surface area contributed by atoms with E-state index in [0.29, 0.717) is 35.4 Å². The number of carbonyl (C=O) groups is 2. The van der Waals surface area contributed by atoms with Crippen molar-refractivity contribution in [2.24, 2.45) is 5.92 Å². The SMILES string of the molecule is Cc1ccc(C(=O)Nc2ccc(C(=O)OCC3CCCN4CCCCC34)cc2)cc1.Cl. The molecular weight excluding hydrogens is 412 g/mol. The number of nitrogens with one attached hydrogen (secondary N) is 1. The highest BCUT2D eigenvalue weighted by molar-refractivity contribution is 6.04. The van der Waals surface area contributed by atoms with E-state index in [1.54, 1.807) is 36.4 Å². The molecule has 2 saturated heterocycles. The van der Waals surface area contributed by atoms with Gasteiger partial charge >= 0.3 is 5.97 Å². The molecule has 2 aromatic carbocycles. The minimum absolute atomic E-state index is 0. The van der Waals surface area contributed by atoms with Crippen molar-refractivity contribution >= 4 is 30.0 Å². The van der Waals surface area contributed by atoms with Gasteiger partial charge in [-0.1, -0.05) is 24.1 Å². The van der Waals surface area contributed by atoms with Crippen LogP contribution in [0.1, 0.15) is 58.4 Å². The molecule has 1 N–H and O–H groups in total. The van der Waals surface area contributed by atoms with Crippen molar-refractivity contribution in [3.05, 3.63) is 65.2 Å². The summed E-state index contributed by atoms with van der Waals surface area (Å²) in [4.78, 5) is 27.4. The number of hydrogen-bond acceptors (Lipinski definition) is 4. The number of benzene rings is 2. The third-order valence-electron chi connectivity index (χ3n) is 6.35. The highest BCUT2D eigenvalue weighted by Gasteiger charge is 2.33. The number of nitrogens with zero attached hydrogens (tertiary/aromatic N) is 1. The Kier molecular flexibility index (Phi) is 8.10. The number of esters is 1. The quantitative estimate of drug-likeness (QED) is 0.655. The Morgan fingerprint density at radius 2 is 1.61 bits per heavy atom. The summed E-state index contributed by atoms with van der Waals surface area (Å²) in [5, 5.41) is 2.86. The van der Waals surface area contributed by atoms with E-state index >= 15 is 0 Å². The molecule has 0 aromatic heterocycles. The fourth-order valence-electron chi connectivity index (χ4n) is 4.64. The number of ether oxygens (including phenoxy) is 1. The minimum Gasteiger partial charge on any atom is -0.462 e. The standard InChI is InChI=1S/C25H30N2O3.ClH/c1-18-7-9-19(10-8-18)24(28)26-22-13-11-20(12-14-22)25(29)30-17-21-5-4-16-27-15-3-2-6-23(21)27;/h7-14,21,23H,2-6,15-17H2,1H3,(H,26,28);1H. The minimum atomic E-state index is -0.292. The maximum Gasteiger partial charge on any atom is 0.338 e. The lowest BCUT2D eigenvalue weighted by atomic mass is 9.84. The number of hydrogen-bond donors (Lipinski definition) is 1. The highest BCUT2D eigenvalue weighted by atomic mass is 35.5. The smallest absolute Gasteiger partial charge is 0.338 e. The molecule has 0 radical (unpaired) electrons. The zero-order chi connectivity index (χ0) is 20.9. The van der Waals surface area contributed by atoms with E-state index in [1.165, 1.54) is 38.8 Å². The van der Waals surface area contributed by atoms with Gasteiger partial charge < -0.3 is 10.1 Å². The summed E-state index contributed by atoms with van der Waals surface area (Å²) in [6.07, 6.45) is 6.11. The predicted molar refractivity (Wildman–Crippen MR) is 125 cm³/mol. The lowest BCUT2D eigenvalue weighted by molar-refractivity contribution is 0.00739. The summed E-state index contributed by atoms with van der Waals surface area (Å²) in [7, 11) is 0. The van der Waals surface area contributed by atoms with Crippen LogP contribution in [0.5, 0.6) is 0 Å². The molecule has 0 spiro atoms. The van der Waals surface area contributed by atoms with Crippen LogP contribution in [0.15, 0.2) is 48.5 Å². The Balaban J connectivity index is 0.00000272. The van der Waals surface area contributed by atoms with Gasteiger partial charge in [-0.25, -0.2) is 4.79 Å². The first-order valence-electron chi connectivity index (χ1n) is 11.0. The maximum atomic E-state index is 12.5. The monoisotopic (exact) mass is 442 g/mol. The highest BCUT2D eigenvalue weighted by Crippen LogP contribution is 2.31. The summed E-state index contributed by atoms with van der Waals surface area (Å²) in [6.45, 7) is 4.85. The Bertz CT molecular complexity index is 881. The Hall–Kier alpha value is -2.37. The van der Waals surface area contributed by atoms with Crippen LogP contribution in [0.2, 0.25) is 0 Å². The molecule has 2 aliphatic heterocycles. The van der Waals surface area contributed by atoms with Gasteiger partial charge in [0.15, 0.2) is 0 Å². The van der Waals surface area contributed by atoms with Gasteiger partial charge in [0.2, 0.25) is 0 Å². The van der Waals surface area contributed by atoms with E-state index in [1.807, 2.05) is 19.1 Å². The fourth-order valence-corrected chi connectivity index (χ4v) is 4.64. The molecular formula is C25H31ClN2O3. The average Bonchev–Trinajstić information content (AvgIpc) is 2.78. The van der Waals surface area contributed by atoms with Crippen LogP contribution in [-0.4, -0.2) is 42.5 Å². The van der Waals surface area contributed by atoms with Crippen molar-refractivity contribution in [2.45, 2.75) is 45.1 Å². The van der Waals surface area contributed by atoms with Gasteiger partial charge in [-0.3, -0.25) is 9.69 Å². The van der Waals surface area contributed by atoms with Gasteiger partial charge in [0.1, 0.15) is 0 Å². The molecule has 6 heteroatoms. The molecule has 0 saturated carbocycles. The number of rotatable bonds is 5. The summed E-state index contributed by atoms with van der Waals surface area (Å²) in [5.41, 5.74) is 2.88. The van der Waals surface area contributed by atoms with E-state index in [4.69, 9.17) is 4.74 Å². The Labute approximate surface area is 190 Å². The van der Waals surface area contributed by atoms with Crippen LogP contribution in [-0.2, 0) is 4.74 Å². The van der Waals surface area contributed by atoms with Crippen molar-refractivity contribution in [1.82, 2.24) is 4.90 Å². The Morgan fingerprint density at radius 3 is 2.35 bits per heavy atom. The molecule has 2 unspecified atom stereocenters. The van der Waals surface area contributed by atoms with Crippen molar-refractivity contribution in [3.8, 4) is 0 Å². The van der Waals surface area contributed by atoms with Crippen molar-refractivity contribution in [2.75, 3.05) is 25.0 Å². The summed E-state index contributed by atoms with van der Waals surface area (Å²) >= 11 is 0. The molecule has 5 nitrogen and oxygen atoms in total. The molecule has 0 aliphatic carbocycles. The van der Waals surface area contributed by atoms with Gasteiger partial charge in [-0.2, -0.15) is 0 Å². The van der Waals surface area contributed by atoms with Crippen LogP contribution >= 0.6 is 12.4 Å². The van der Waals surface area contributed by atoms with Crippen molar-refractivity contribution in [1.29, 1.82) is 0 Å². The van der Waals surface area contributed by atoms with E-state index < -0.39 is 0 Å². The van der Waals surface area contributed by atoms with Gasteiger partial charge in [0.05, 0.1) is 12.2 Å². The predicted octanol–water partition coefficient (Wildman–Crippen LogP) is 5.09. The van der Waals surface area contributed by atoms with Crippen LogP contribution in [0.4, 0.5) is 5.69 Å². The Morgan fingerprint density at radius 1 is 0.935 bits per heavy atom. The summed E-state index contributed by atoms with van der Waals surface area (Å²) < 4.78 is 5.67. The van der Waals surface area contributed by atoms with E-state index in [9.17, 15) is 9.59 Å². The fraction of sp³-hybridized carbons (Fsp3) is 0.440. The van der Waals surface area contributed by atoms with E-state index in [0.717, 1.165) is 12.0 Å². The third-order valence-corrected chi connectivity index (χ3v) is 6.35. The van der Waals surface area contributed by atoms with Crippen molar-refractivity contribution < 1.29 is 14.3 Å². The number of amides is 1. The molecule has 166 valence electrons. The second-order valence-electron chi connectivity index (χ2n) is 8.50. The third kappa shape index (κ3) is 5.86. The van der Waals surface area contributed by atoms with E-state index in [-0.39, 0.29) is 24.3 Å². The topological polar surface area (TPSA) is 58.6 Å². The number of carbonyl (C=O) groups excluding carboxylic acids is 2. The summed E-state index contributed by atoms with van der Waals surface area (Å²) in [5.74, 6) is -0.0184. The molecule has 4 rings (SSSR count). The second kappa shape index (κ2) is 10.8. The molecule has 2 heterocycles. The lowest BCUT2D eigenvalue weighted by Crippen LogP contribution is -2.49. The zero-order valence-electron chi connectivity index (χ0n) is 18.0. The van der Waals surface area contributed by atoms with E-state index in [2.05, 4.69) is 10.2 Å². The van der Waals surface area contributed by atoms with Gasteiger partial charge in [-0.15, -0.1) is 12.4 Å². The number of fused-ring (bicyclic) bond motifs is 1. The average molecular weight is 443 g/mol. The second-order valence-corrected chi connectivity index (χ2v) is 8.50. The van der Waals surface area contributed by atoms with Crippen LogP contribution in [0, 0.1) is 12.8 Å². The molecule has 2 fully saturated rings. The molecule has 2 aliphatic rings. The van der Waals surface area contributed by atoms with Crippen molar-refractivity contribution in [3.63, 3.8) is 0 Å². The zero-order valence-corrected chi connectivity index (χ0v) is 18.8. The van der Waals surface area contributed by atoms with Gasteiger partial charge in [0.25, 0.3) is 5.91 Å². The van der Waals surface area contributed by atoms with Gasteiger partial charge in [0, 0.05) is 23.2 Å². The normalized spacial score (nSPS) is 20.8. The number of halogens is 1. The maximum absolute atomic E-state index is 12.5. The molecule has 2 aromatic rings. The molecule has 1 amide bonds. The first-order chi connectivity index (χ1) is 14.6. The summed E-state index contributed by atoms with van der Waals surface area (Å²) in [6, 6.07) is 14.9. The van der Waals surface area contributed by atoms with Crippen LogP contribution < -0.4 is 5.32 Å². The molecule has 2 atom stereocenters. The van der Waals surface area contributed by atoms with Gasteiger partial charge in [-0.05, 0) is 82.1 Å². The number of aryl methyl sites for hydroxylation is 1. The van der Waals surface area contributed by atoms with Crippen LogP contribution in [0.3, 0.4) is 0 Å².